The number of amides is 2. The van der Waals surface area contributed by atoms with Gasteiger partial charge >= 0.3 is 12.1 Å². The van der Waals surface area contributed by atoms with Gasteiger partial charge in [0.15, 0.2) is 0 Å². The first-order valence-electron chi connectivity index (χ1n) is 10.6. The molecule has 0 fully saturated rings. The van der Waals surface area contributed by atoms with Crippen LogP contribution in [0.1, 0.15) is 43.2 Å². The number of hydrogen-bond donors (Lipinski definition) is 3. The van der Waals surface area contributed by atoms with E-state index in [0.717, 1.165) is 11.1 Å². The second-order valence-electron chi connectivity index (χ2n) is 7.73. The number of carboxylic acid groups (broad SMARTS) is 1. The highest BCUT2D eigenvalue weighted by molar-refractivity contribution is 5.79. The quantitative estimate of drug-likeness (QED) is 0.506. The lowest BCUT2D eigenvalue weighted by atomic mass is 9.98. The molecule has 1 unspecified atom stereocenters. The van der Waals surface area contributed by atoms with Crippen LogP contribution < -0.4 is 10.6 Å². The van der Waals surface area contributed by atoms with Gasteiger partial charge in [-0.15, -0.1) is 0 Å². The van der Waals surface area contributed by atoms with E-state index in [2.05, 4.69) is 34.9 Å². The largest absolute Gasteiger partial charge is 0.481 e. The molecule has 3 N–H and O–H groups in total. The average molecular weight is 424 g/mol. The zero-order chi connectivity index (χ0) is 22.2. The number of nitrogens with one attached hydrogen (secondary N) is 2. The maximum Gasteiger partial charge on any atom is 0.407 e. The van der Waals surface area contributed by atoms with Gasteiger partial charge in [-0.25, -0.2) is 4.79 Å². The molecule has 2 aromatic carbocycles. The molecule has 1 aliphatic carbocycles. The van der Waals surface area contributed by atoms with E-state index in [1.165, 1.54) is 11.1 Å². The van der Waals surface area contributed by atoms with Gasteiger partial charge in [0.1, 0.15) is 6.61 Å². The molecule has 0 radical (unpaired) electrons. The molecule has 164 valence electrons. The molecule has 0 spiro atoms. The lowest BCUT2D eigenvalue weighted by molar-refractivity contribution is -0.141. The molecule has 0 saturated heterocycles. The predicted molar refractivity (Wildman–Crippen MR) is 117 cm³/mol. The van der Waals surface area contributed by atoms with Crippen molar-refractivity contribution in [3.63, 3.8) is 0 Å². The summed E-state index contributed by atoms with van der Waals surface area (Å²) >= 11 is 0. The van der Waals surface area contributed by atoms with Crippen LogP contribution in [0, 0.1) is 5.92 Å². The Balaban J connectivity index is 1.37. The number of aliphatic carboxylic acids is 1. The van der Waals surface area contributed by atoms with Crippen molar-refractivity contribution in [2.75, 3.05) is 19.7 Å². The topological polar surface area (TPSA) is 105 Å². The fourth-order valence-corrected chi connectivity index (χ4v) is 3.73. The normalized spacial score (nSPS) is 13.1. The molecule has 0 saturated carbocycles. The molecule has 3 rings (SSSR count). The Bertz CT molecular complexity index is 898. The van der Waals surface area contributed by atoms with E-state index < -0.39 is 18.0 Å². The minimum Gasteiger partial charge on any atom is -0.481 e. The van der Waals surface area contributed by atoms with E-state index in [0.29, 0.717) is 25.9 Å². The Morgan fingerprint density at radius 1 is 0.968 bits per heavy atom. The number of carbonyl (C=O) groups is 3. The van der Waals surface area contributed by atoms with Gasteiger partial charge in [0.2, 0.25) is 5.91 Å². The van der Waals surface area contributed by atoms with Crippen molar-refractivity contribution in [2.45, 2.75) is 32.1 Å². The molecule has 7 nitrogen and oxygen atoms in total. The lowest BCUT2D eigenvalue weighted by Gasteiger charge is -2.14. The third-order valence-corrected chi connectivity index (χ3v) is 5.51. The number of fused-ring (bicyclic) bond motifs is 3. The number of hydrogen-bond acceptors (Lipinski definition) is 4. The molecule has 0 bridgehead atoms. The summed E-state index contributed by atoms with van der Waals surface area (Å²) in [6.45, 7) is 2.51. The van der Waals surface area contributed by atoms with Crippen molar-refractivity contribution in [2.24, 2.45) is 5.92 Å². The van der Waals surface area contributed by atoms with E-state index in [1.54, 1.807) is 6.92 Å². The first kappa shape index (κ1) is 22.3. The summed E-state index contributed by atoms with van der Waals surface area (Å²) in [7, 11) is 0. The van der Waals surface area contributed by atoms with Crippen LogP contribution in [0.25, 0.3) is 11.1 Å². The number of carboxylic acids is 1. The Labute approximate surface area is 181 Å². The van der Waals surface area contributed by atoms with Crippen molar-refractivity contribution in [1.29, 1.82) is 0 Å². The summed E-state index contributed by atoms with van der Waals surface area (Å²) in [5.74, 6) is -1.51. The molecule has 31 heavy (non-hydrogen) atoms. The number of rotatable bonds is 10. The first-order chi connectivity index (χ1) is 15.0. The van der Waals surface area contributed by atoms with E-state index in [1.807, 2.05) is 24.3 Å². The molecule has 0 aromatic heterocycles. The molecule has 7 heteroatoms. The maximum atomic E-state index is 12.1. The van der Waals surface area contributed by atoms with Crippen LogP contribution in [-0.2, 0) is 14.3 Å². The van der Waals surface area contributed by atoms with Gasteiger partial charge in [0.05, 0.1) is 5.92 Å². The van der Waals surface area contributed by atoms with Crippen LogP contribution in [0.3, 0.4) is 0 Å². The number of alkyl carbamates (subject to hydrolysis) is 1. The average Bonchev–Trinajstić information content (AvgIpc) is 3.09. The molecule has 1 atom stereocenters. The van der Waals surface area contributed by atoms with Crippen molar-refractivity contribution >= 4 is 18.0 Å². The Morgan fingerprint density at radius 3 is 2.19 bits per heavy atom. The monoisotopic (exact) mass is 424 g/mol. The molecule has 1 aliphatic rings. The fraction of sp³-hybridized carbons (Fsp3) is 0.375. The van der Waals surface area contributed by atoms with Crippen LogP contribution in [0.5, 0.6) is 0 Å². The number of benzene rings is 2. The van der Waals surface area contributed by atoms with Gasteiger partial charge in [-0.3, -0.25) is 9.59 Å². The SMILES string of the molecule is CC(CCNC(=O)CCCNC(=O)OCC1c2ccccc2-c2ccccc21)C(=O)O. The van der Waals surface area contributed by atoms with Crippen LogP contribution in [0.15, 0.2) is 48.5 Å². The van der Waals surface area contributed by atoms with E-state index in [-0.39, 0.29) is 24.9 Å². The van der Waals surface area contributed by atoms with Crippen LogP contribution >= 0.6 is 0 Å². The Morgan fingerprint density at radius 2 is 1.58 bits per heavy atom. The van der Waals surface area contributed by atoms with Crippen LogP contribution in [0.4, 0.5) is 4.79 Å². The minimum absolute atomic E-state index is 0.0112. The highest BCUT2D eigenvalue weighted by atomic mass is 16.5. The third-order valence-electron chi connectivity index (χ3n) is 5.51. The van der Waals surface area contributed by atoms with Crippen LogP contribution in [-0.4, -0.2) is 42.8 Å². The van der Waals surface area contributed by atoms with Gasteiger partial charge in [-0.05, 0) is 35.1 Å². The van der Waals surface area contributed by atoms with E-state index >= 15 is 0 Å². The highest BCUT2D eigenvalue weighted by Crippen LogP contribution is 2.44. The lowest BCUT2D eigenvalue weighted by Crippen LogP contribution is -2.30. The van der Waals surface area contributed by atoms with Gasteiger partial charge in [0.25, 0.3) is 0 Å². The summed E-state index contributed by atoms with van der Waals surface area (Å²) in [4.78, 5) is 34.6. The number of carbonyl (C=O) groups excluding carboxylic acids is 2. The fourth-order valence-electron chi connectivity index (χ4n) is 3.73. The second-order valence-corrected chi connectivity index (χ2v) is 7.73. The molecule has 0 aliphatic heterocycles. The van der Waals surface area contributed by atoms with Crippen molar-refractivity contribution in [1.82, 2.24) is 10.6 Å². The van der Waals surface area contributed by atoms with Crippen LogP contribution in [0.2, 0.25) is 0 Å². The summed E-state index contributed by atoms with van der Waals surface area (Å²) < 4.78 is 5.45. The third kappa shape index (κ3) is 5.84. The maximum absolute atomic E-state index is 12.1. The van der Waals surface area contributed by atoms with E-state index in [9.17, 15) is 14.4 Å². The Hall–Kier alpha value is -3.35. The van der Waals surface area contributed by atoms with Gasteiger partial charge in [-0.1, -0.05) is 55.5 Å². The number of ether oxygens (including phenoxy) is 1. The molecule has 0 heterocycles. The second kappa shape index (κ2) is 10.6. The molecule has 2 amide bonds. The molecule has 2 aromatic rings. The smallest absolute Gasteiger partial charge is 0.407 e. The molecular weight excluding hydrogens is 396 g/mol. The van der Waals surface area contributed by atoms with Gasteiger partial charge in [0, 0.05) is 25.4 Å². The van der Waals surface area contributed by atoms with Gasteiger partial charge < -0.3 is 20.5 Å². The van der Waals surface area contributed by atoms with Crippen molar-refractivity contribution in [3.05, 3.63) is 59.7 Å². The zero-order valence-corrected chi connectivity index (χ0v) is 17.6. The standard InChI is InChI=1S/C24H28N2O5/c1-16(23(28)29)12-14-25-22(27)11-6-13-26-24(30)31-15-21-19-9-4-2-7-17(19)18-8-3-5-10-20(18)21/h2-5,7-10,16,21H,6,11-15H2,1H3,(H,25,27)(H,26,30)(H,28,29). The Kier molecular flexibility index (Phi) is 7.65. The molecular formula is C24H28N2O5. The first-order valence-corrected chi connectivity index (χ1v) is 10.6. The highest BCUT2D eigenvalue weighted by Gasteiger charge is 2.28. The van der Waals surface area contributed by atoms with E-state index in [4.69, 9.17) is 9.84 Å². The summed E-state index contributed by atoms with van der Waals surface area (Å²) in [6, 6.07) is 16.3. The zero-order valence-electron chi connectivity index (χ0n) is 17.6. The summed E-state index contributed by atoms with van der Waals surface area (Å²) in [5, 5.41) is 14.2. The predicted octanol–water partition coefficient (Wildman–Crippen LogP) is 3.53. The summed E-state index contributed by atoms with van der Waals surface area (Å²) in [6.07, 6.45) is 0.617. The minimum atomic E-state index is -0.874. The van der Waals surface area contributed by atoms with Gasteiger partial charge in [-0.2, -0.15) is 0 Å². The van der Waals surface area contributed by atoms with Crippen molar-refractivity contribution < 1.29 is 24.2 Å². The summed E-state index contributed by atoms with van der Waals surface area (Å²) in [5.41, 5.74) is 4.67. The van der Waals surface area contributed by atoms with Crippen molar-refractivity contribution in [3.8, 4) is 11.1 Å².